The number of fused-ring (bicyclic) bond motifs is 1. The van der Waals surface area contributed by atoms with Gasteiger partial charge in [0.25, 0.3) is 0 Å². The van der Waals surface area contributed by atoms with E-state index in [0.717, 1.165) is 48.5 Å². The number of halogens is 1. The normalized spacial score (nSPS) is 22.1. The molecule has 104 valence electrons. The molecule has 1 fully saturated rings. The molecular formula is C14H18BrNO3. The van der Waals surface area contributed by atoms with E-state index < -0.39 is 0 Å². The van der Waals surface area contributed by atoms with E-state index in [0.29, 0.717) is 13.2 Å². The second-order valence-electron chi connectivity index (χ2n) is 4.86. The van der Waals surface area contributed by atoms with Gasteiger partial charge in [0, 0.05) is 29.5 Å². The second-order valence-corrected chi connectivity index (χ2v) is 5.78. The van der Waals surface area contributed by atoms with Gasteiger partial charge in [0.2, 0.25) is 0 Å². The summed E-state index contributed by atoms with van der Waals surface area (Å²) in [5.74, 6) is 1.01. The molecule has 0 amide bonds. The molecule has 0 saturated carbocycles. The molecule has 2 heterocycles. The fourth-order valence-corrected chi connectivity index (χ4v) is 3.03. The van der Waals surface area contributed by atoms with Crippen molar-refractivity contribution in [1.82, 2.24) is 5.32 Å². The van der Waals surface area contributed by atoms with Gasteiger partial charge in [-0.05, 0) is 17.7 Å². The Morgan fingerprint density at radius 1 is 1.37 bits per heavy atom. The monoisotopic (exact) mass is 327 g/mol. The number of rotatable bonds is 4. The highest BCUT2D eigenvalue weighted by Gasteiger charge is 2.18. The molecule has 2 aliphatic rings. The summed E-state index contributed by atoms with van der Waals surface area (Å²) in [7, 11) is 0. The molecule has 0 bridgehead atoms. The van der Waals surface area contributed by atoms with Crippen molar-refractivity contribution in [3.8, 4) is 5.75 Å². The van der Waals surface area contributed by atoms with E-state index in [1.807, 2.05) is 0 Å². The Morgan fingerprint density at radius 2 is 2.32 bits per heavy atom. The molecule has 1 saturated heterocycles. The predicted octanol–water partition coefficient (Wildman–Crippen LogP) is 1.89. The van der Waals surface area contributed by atoms with Crippen molar-refractivity contribution in [2.24, 2.45) is 0 Å². The van der Waals surface area contributed by atoms with Gasteiger partial charge in [-0.1, -0.05) is 15.9 Å². The largest absolute Gasteiger partial charge is 0.493 e. The van der Waals surface area contributed by atoms with Gasteiger partial charge in [-0.25, -0.2) is 0 Å². The standard InChI is InChI=1S/C14H18BrNO3/c15-12-5-10-1-3-19-14(10)11(6-12)8-17-9-13-7-16-2-4-18-13/h5-6,13,16H,1-4,7-9H2. The van der Waals surface area contributed by atoms with Crippen molar-refractivity contribution >= 4 is 15.9 Å². The van der Waals surface area contributed by atoms with E-state index >= 15 is 0 Å². The van der Waals surface area contributed by atoms with Gasteiger partial charge in [0.05, 0.1) is 32.5 Å². The van der Waals surface area contributed by atoms with Gasteiger partial charge < -0.3 is 19.5 Å². The Morgan fingerprint density at radius 3 is 3.16 bits per heavy atom. The summed E-state index contributed by atoms with van der Waals surface area (Å²) < 4.78 is 18.1. The first-order chi connectivity index (χ1) is 9.33. The minimum atomic E-state index is 0.162. The Hall–Kier alpha value is -0.620. The predicted molar refractivity (Wildman–Crippen MR) is 75.6 cm³/mol. The van der Waals surface area contributed by atoms with E-state index in [9.17, 15) is 0 Å². The van der Waals surface area contributed by atoms with E-state index in [4.69, 9.17) is 14.2 Å². The van der Waals surface area contributed by atoms with Crippen LogP contribution in [0.15, 0.2) is 16.6 Å². The van der Waals surface area contributed by atoms with Gasteiger partial charge in [-0.15, -0.1) is 0 Å². The lowest BCUT2D eigenvalue weighted by molar-refractivity contribution is -0.0360. The lowest BCUT2D eigenvalue weighted by Gasteiger charge is -2.23. The van der Waals surface area contributed by atoms with Crippen LogP contribution < -0.4 is 10.1 Å². The SMILES string of the molecule is Brc1cc2c(c(COCC3CNCCO3)c1)OCC2. The number of hydrogen-bond acceptors (Lipinski definition) is 4. The lowest BCUT2D eigenvalue weighted by Crippen LogP contribution is -2.40. The Bertz CT molecular complexity index is 447. The van der Waals surface area contributed by atoms with Crippen molar-refractivity contribution in [1.29, 1.82) is 0 Å². The van der Waals surface area contributed by atoms with Crippen molar-refractivity contribution < 1.29 is 14.2 Å². The van der Waals surface area contributed by atoms with Crippen LogP contribution in [0.2, 0.25) is 0 Å². The Labute approximate surface area is 121 Å². The van der Waals surface area contributed by atoms with Crippen molar-refractivity contribution in [3.05, 3.63) is 27.7 Å². The van der Waals surface area contributed by atoms with Crippen LogP contribution in [0.3, 0.4) is 0 Å². The maximum Gasteiger partial charge on any atom is 0.128 e. The van der Waals surface area contributed by atoms with Crippen LogP contribution >= 0.6 is 15.9 Å². The first-order valence-electron chi connectivity index (χ1n) is 6.67. The first kappa shape index (κ1) is 13.4. The third-order valence-corrected chi connectivity index (χ3v) is 3.85. The van der Waals surface area contributed by atoms with Crippen LogP contribution in [0.5, 0.6) is 5.75 Å². The van der Waals surface area contributed by atoms with E-state index in [2.05, 4.69) is 33.4 Å². The molecule has 2 aliphatic heterocycles. The lowest BCUT2D eigenvalue weighted by atomic mass is 10.1. The maximum absolute atomic E-state index is 5.77. The number of hydrogen-bond donors (Lipinski definition) is 1. The van der Waals surface area contributed by atoms with Gasteiger partial charge in [-0.3, -0.25) is 0 Å². The van der Waals surface area contributed by atoms with Gasteiger partial charge >= 0.3 is 0 Å². The van der Waals surface area contributed by atoms with Gasteiger partial charge in [0.15, 0.2) is 0 Å². The smallest absolute Gasteiger partial charge is 0.128 e. The van der Waals surface area contributed by atoms with E-state index in [-0.39, 0.29) is 6.10 Å². The molecule has 0 radical (unpaired) electrons. The zero-order chi connectivity index (χ0) is 13.1. The summed E-state index contributed by atoms with van der Waals surface area (Å²) in [6.07, 6.45) is 1.15. The van der Waals surface area contributed by atoms with Crippen LogP contribution in [-0.4, -0.2) is 39.0 Å². The molecule has 4 nitrogen and oxygen atoms in total. The summed E-state index contributed by atoms with van der Waals surface area (Å²) in [4.78, 5) is 0. The summed E-state index contributed by atoms with van der Waals surface area (Å²) >= 11 is 3.54. The Kier molecular flexibility index (Phi) is 4.38. The fourth-order valence-electron chi connectivity index (χ4n) is 2.48. The van der Waals surface area contributed by atoms with Crippen LogP contribution in [0.4, 0.5) is 0 Å². The third kappa shape index (κ3) is 3.28. The molecule has 1 aromatic carbocycles. The molecule has 3 rings (SSSR count). The summed E-state index contributed by atoms with van der Waals surface area (Å²) in [5, 5.41) is 3.30. The third-order valence-electron chi connectivity index (χ3n) is 3.39. The number of morpholine rings is 1. The first-order valence-corrected chi connectivity index (χ1v) is 7.46. The van der Waals surface area contributed by atoms with E-state index in [1.165, 1.54) is 5.56 Å². The van der Waals surface area contributed by atoms with Crippen molar-refractivity contribution in [2.45, 2.75) is 19.1 Å². The Balaban J connectivity index is 1.57. The molecule has 5 heteroatoms. The molecule has 1 N–H and O–H groups in total. The van der Waals surface area contributed by atoms with Crippen LogP contribution in [-0.2, 0) is 22.5 Å². The quantitative estimate of drug-likeness (QED) is 0.916. The molecule has 1 unspecified atom stereocenters. The molecule has 0 aromatic heterocycles. The number of ether oxygens (including phenoxy) is 3. The average Bonchev–Trinajstić information content (AvgIpc) is 2.88. The van der Waals surface area contributed by atoms with E-state index in [1.54, 1.807) is 0 Å². The minimum Gasteiger partial charge on any atom is -0.493 e. The molecule has 1 atom stereocenters. The minimum absolute atomic E-state index is 0.162. The molecular weight excluding hydrogens is 310 g/mol. The number of benzene rings is 1. The highest BCUT2D eigenvalue weighted by molar-refractivity contribution is 9.10. The summed E-state index contributed by atoms with van der Waals surface area (Å²) in [5.41, 5.74) is 2.38. The molecule has 0 aliphatic carbocycles. The van der Waals surface area contributed by atoms with Gasteiger partial charge in [-0.2, -0.15) is 0 Å². The topological polar surface area (TPSA) is 39.7 Å². The number of nitrogens with one attached hydrogen (secondary N) is 1. The van der Waals surface area contributed by atoms with Crippen molar-refractivity contribution in [3.63, 3.8) is 0 Å². The van der Waals surface area contributed by atoms with Crippen LogP contribution in [0.1, 0.15) is 11.1 Å². The molecule has 19 heavy (non-hydrogen) atoms. The maximum atomic E-state index is 5.77. The average molecular weight is 328 g/mol. The summed E-state index contributed by atoms with van der Waals surface area (Å²) in [6, 6.07) is 4.20. The second kappa shape index (κ2) is 6.22. The molecule has 0 spiro atoms. The molecule has 1 aromatic rings. The highest BCUT2D eigenvalue weighted by Crippen LogP contribution is 2.33. The van der Waals surface area contributed by atoms with Crippen molar-refractivity contribution in [2.75, 3.05) is 32.9 Å². The van der Waals surface area contributed by atoms with Crippen LogP contribution in [0.25, 0.3) is 0 Å². The zero-order valence-electron chi connectivity index (χ0n) is 10.8. The van der Waals surface area contributed by atoms with Crippen LogP contribution in [0, 0.1) is 0 Å². The fraction of sp³-hybridized carbons (Fsp3) is 0.571. The zero-order valence-corrected chi connectivity index (χ0v) is 12.4. The van der Waals surface area contributed by atoms with Gasteiger partial charge in [0.1, 0.15) is 5.75 Å². The summed E-state index contributed by atoms with van der Waals surface area (Å²) in [6.45, 7) is 4.53. The highest BCUT2D eigenvalue weighted by atomic mass is 79.9.